The van der Waals surface area contributed by atoms with Crippen LogP contribution < -0.4 is 11.3 Å². The number of nitrogens with zero attached hydrogens (tertiary/aromatic N) is 4. The van der Waals surface area contributed by atoms with E-state index in [4.69, 9.17) is 5.73 Å². The lowest BCUT2D eigenvalue weighted by atomic mass is 10.1. The molecule has 0 fully saturated rings. The van der Waals surface area contributed by atoms with Crippen LogP contribution in [0.3, 0.4) is 0 Å². The Morgan fingerprint density at radius 1 is 1.24 bits per heavy atom. The maximum Gasteiger partial charge on any atom is 0.261 e. The number of nitrogen functional groups attached to an aromatic ring is 1. The molecule has 3 aromatic rings. The molecule has 0 saturated carbocycles. The van der Waals surface area contributed by atoms with Crippen molar-refractivity contribution in [1.29, 1.82) is 0 Å². The molecule has 130 valence electrons. The van der Waals surface area contributed by atoms with E-state index < -0.39 is 5.82 Å². The number of benzene rings is 1. The fourth-order valence-electron chi connectivity index (χ4n) is 2.63. The third kappa shape index (κ3) is 3.35. The predicted octanol–water partition coefficient (Wildman–Crippen LogP) is 3.07. The molecule has 0 bridgehead atoms. The van der Waals surface area contributed by atoms with Crippen molar-refractivity contribution >= 4 is 16.7 Å². The molecule has 0 radical (unpaired) electrons. The molecule has 2 aromatic heterocycles. The first kappa shape index (κ1) is 17.0. The van der Waals surface area contributed by atoms with Gasteiger partial charge in [-0.25, -0.2) is 19.3 Å². The molecule has 0 saturated heterocycles. The zero-order chi connectivity index (χ0) is 18.0. The number of aryl methyl sites for hydroxylation is 2. The van der Waals surface area contributed by atoms with Crippen molar-refractivity contribution in [3.05, 3.63) is 46.4 Å². The molecule has 0 aliphatic carbocycles. The Morgan fingerprint density at radius 2 is 2.04 bits per heavy atom. The first-order valence-corrected chi connectivity index (χ1v) is 8.29. The SMILES string of the molecule is CCCCCn1cnc2cc(-c3ncc(C)c(N)n3)c(F)cc2c1=O. The van der Waals surface area contributed by atoms with Gasteiger partial charge in [0.05, 0.1) is 22.8 Å². The van der Waals surface area contributed by atoms with Gasteiger partial charge in [0, 0.05) is 18.3 Å². The average molecular weight is 341 g/mol. The number of nitrogens with two attached hydrogens (primary N) is 1. The van der Waals surface area contributed by atoms with Crippen molar-refractivity contribution in [3.8, 4) is 11.4 Å². The molecule has 25 heavy (non-hydrogen) atoms. The highest BCUT2D eigenvalue weighted by Crippen LogP contribution is 2.24. The predicted molar refractivity (Wildman–Crippen MR) is 95.7 cm³/mol. The van der Waals surface area contributed by atoms with E-state index in [-0.39, 0.29) is 22.3 Å². The number of hydrogen-bond donors (Lipinski definition) is 1. The van der Waals surface area contributed by atoms with Crippen LogP contribution in [0.2, 0.25) is 0 Å². The van der Waals surface area contributed by atoms with Gasteiger partial charge in [0.25, 0.3) is 5.56 Å². The molecule has 0 aliphatic heterocycles. The summed E-state index contributed by atoms with van der Waals surface area (Å²) in [7, 11) is 0. The summed E-state index contributed by atoms with van der Waals surface area (Å²) in [4.78, 5) is 25.1. The molecule has 6 nitrogen and oxygen atoms in total. The number of aromatic nitrogens is 4. The second kappa shape index (κ2) is 6.96. The maximum absolute atomic E-state index is 14.6. The van der Waals surface area contributed by atoms with Gasteiger partial charge in [-0.1, -0.05) is 19.8 Å². The summed E-state index contributed by atoms with van der Waals surface area (Å²) in [6.45, 7) is 4.45. The van der Waals surface area contributed by atoms with Crippen LogP contribution in [0.1, 0.15) is 31.7 Å². The Bertz CT molecular complexity index is 983. The van der Waals surface area contributed by atoms with Crippen molar-refractivity contribution in [2.75, 3.05) is 5.73 Å². The van der Waals surface area contributed by atoms with Crippen LogP contribution in [-0.4, -0.2) is 19.5 Å². The summed E-state index contributed by atoms with van der Waals surface area (Å²) in [5.41, 5.74) is 6.85. The summed E-state index contributed by atoms with van der Waals surface area (Å²) >= 11 is 0. The Hall–Kier alpha value is -2.83. The monoisotopic (exact) mass is 341 g/mol. The second-order valence-electron chi connectivity index (χ2n) is 6.06. The molecule has 0 amide bonds. The van der Waals surface area contributed by atoms with E-state index in [2.05, 4.69) is 21.9 Å². The van der Waals surface area contributed by atoms with Crippen LogP contribution >= 0.6 is 0 Å². The van der Waals surface area contributed by atoms with Gasteiger partial charge in [0.2, 0.25) is 0 Å². The molecular formula is C18H20FN5O. The highest BCUT2D eigenvalue weighted by Gasteiger charge is 2.14. The van der Waals surface area contributed by atoms with Gasteiger partial charge in [-0.3, -0.25) is 9.36 Å². The van der Waals surface area contributed by atoms with Crippen LogP contribution in [0.15, 0.2) is 29.5 Å². The van der Waals surface area contributed by atoms with Gasteiger partial charge >= 0.3 is 0 Å². The summed E-state index contributed by atoms with van der Waals surface area (Å²) in [5.74, 6) is -0.0961. The molecule has 0 unspecified atom stereocenters. The van der Waals surface area contributed by atoms with Gasteiger partial charge in [0.1, 0.15) is 11.6 Å². The van der Waals surface area contributed by atoms with Crippen LogP contribution in [0.25, 0.3) is 22.3 Å². The van der Waals surface area contributed by atoms with Crippen molar-refractivity contribution in [2.45, 2.75) is 39.7 Å². The minimum atomic E-state index is -0.569. The molecule has 0 atom stereocenters. The molecule has 1 aromatic carbocycles. The minimum Gasteiger partial charge on any atom is -0.383 e. The Balaban J connectivity index is 2.06. The van der Waals surface area contributed by atoms with Crippen LogP contribution in [0.5, 0.6) is 0 Å². The fraction of sp³-hybridized carbons (Fsp3) is 0.333. The lowest BCUT2D eigenvalue weighted by molar-refractivity contribution is 0.583. The largest absolute Gasteiger partial charge is 0.383 e. The molecule has 0 spiro atoms. The molecule has 3 rings (SSSR count). The molecular weight excluding hydrogens is 321 g/mol. The average Bonchev–Trinajstić information content (AvgIpc) is 2.60. The van der Waals surface area contributed by atoms with Crippen LogP contribution in [0, 0.1) is 12.7 Å². The third-order valence-corrected chi connectivity index (χ3v) is 4.17. The van der Waals surface area contributed by atoms with Gasteiger partial charge < -0.3 is 5.73 Å². The minimum absolute atomic E-state index is 0.176. The van der Waals surface area contributed by atoms with Gasteiger partial charge in [-0.05, 0) is 25.5 Å². The van der Waals surface area contributed by atoms with Gasteiger partial charge in [0.15, 0.2) is 5.82 Å². The highest BCUT2D eigenvalue weighted by atomic mass is 19.1. The number of halogens is 1. The summed E-state index contributed by atoms with van der Waals surface area (Å²) in [5, 5.41) is 0.250. The fourth-order valence-corrected chi connectivity index (χ4v) is 2.63. The number of fused-ring (bicyclic) bond motifs is 1. The van der Waals surface area contributed by atoms with Crippen LogP contribution in [0.4, 0.5) is 10.2 Å². The van der Waals surface area contributed by atoms with E-state index in [1.54, 1.807) is 13.1 Å². The Labute approximate surface area is 144 Å². The van der Waals surface area contributed by atoms with Gasteiger partial charge in [-0.2, -0.15) is 0 Å². The first-order valence-electron chi connectivity index (χ1n) is 8.29. The number of unbranched alkanes of at least 4 members (excludes halogenated alkanes) is 2. The summed E-state index contributed by atoms with van der Waals surface area (Å²) in [6, 6.07) is 2.70. The maximum atomic E-state index is 14.6. The lowest BCUT2D eigenvalue weighted by Crippen LogP contribution is -2.21. The van der Waals surface area contributed by atoms with Crippen molar-refractivity contribution in [2.24, 2.45) is 0 Å². The van der Waals surface area contributed by atoms with Crippen LogP contribution in [-0.2, 0) is 6.54 Å². The number of rotatable bonds is 5. The standard InChI is InChI=1S/C18H20FN5O/c1-3-4-5-6-24-10-22-15-8-12(14(19)7-13(15)18(24)25)17-21-9-11(2)16(20)23-17/h7-10H,3-6H2,1-2H3,(H2,20,21,23). The lowest BCUT2D eigenvalue weighted by Gasteiger charge is -2.09. The number of hydrogen-bond acceptors (Lipinski definition) is 5. The quantitative estimate of drug-likeness (QED) is 0.721. The van der Waals surface area contributed by atoms with Crippen molar-refractivity contribution < 1.29 is 4.39 Å². The normalized spacial score (nSPS) is 11.2. The van der Waals surface area contributed by atoms with E-state index in [0.29, 0.717) is 17.9 Å². The third-order valence-electron chi connectivity index (χ3n) is 4.17. The van der Waals surface area contributed by atoms with E-state index >= 15 is 0 Å². The van der Waals surface area contributed by atoms with Crippen molar-refractivity contribution in [3.63, 3.8) is 0 Å². The summed E-state index contributed by atoms with van der Waals surface area (Å²) in [6.07, 6.45) is 6.03. The van der Waals surface area contributed by atoms with E-state index in [0.717, 1.165) is 24.8 Å². The number of anilines is 1. The zero-order valence-electron chi connectivity index (χ0n) is 14.3. The zero-order valence-corrected chi connectivity index (χ0v) is 14.3. The van der Waals surface area contributed by atoms with Crippen molar-refractivity contribution in [1.82, 2.24) is 19.5 Å². The molecule has 0 aliphatic rings. The summed E-state index contributed by atoms with van der Waals surface area (Å²) < 4.78 is 16.1. The first-order chi connectivity index (χ1) is 12.0. The Morgan fingerprint density at radius 3 is 2.76 bits per heavy atom. The molecule has 7 heteroatoms. The molecule has 2 heterocycles. The smallest absolute Gasteiger partial charge is 0.261 e. The van der Waals surface area contributed by atoms with Gasteiger partial charge in [-0.15, -0.1) is 0 Å². The Kier molecular flexibility index (Phi) is 4.74. The van der Waals surface area contributed by atoms with E-state index in [9.17, 15) is 9.18 Å². The van der Waals surface area contributed by atoms with E-state index in [1.165, 1.54) is 23.0 Å². The topological polar surface area (TPSA) is 86.7 Å². The highest BCUT2D eigenvalue weighted by molar-refractivity contribution is 5.82. The van der Waals surface area contributed by atoms with E-state index in [1.807, 2.05) is 0 Å². The molecule has 2 N–H and O–H groups in total. The second-order valence-corrected chi connectivity index (χ2v) is 6.06.